The van der Waals surface area contributed by atoms with Crippen molar-refractivity contribution in [2.45, 2.75) is 38.8 Å². The lowest BCUT2D eigenvalue weighted by Crippen LogP contribution is -2.49. The van der Waals surface area contributed by atoms with E-state index in [2.05, 4.69) is 36.2 Å². The minimum Gasteiger partial charge on any atom is -0.314 e. The van der Waals surface area contributed by atoms with E-state index in [1.165, 1.54) is 37.2 Å². The van der Waals surface area contributed by atoms with Crippen LogP contribution in [0.3, 0.4) is 0 Å². The molecule has 2 heterocycles. The van der Waals surface area contributed by atoms with Crippen LogP contribution in [0.4, 0.5) is 0 Å². The molecule has 1 aromatic heterocycles. The second-order valence-electron chi connectivity index (χ2n) is 5.47. The molecule has 1 N–H and O–H groups in total. The molecule has 0 unspecified atom stereocenters. The van der Waals surface area contributed by atoms with E-state index in [1.54, 1.807) is 0 Å². The van der Waals surface area contributed by atoms with Crippen LogP contribution in [0.25, 0.3) is 0 Å². The lowest BCUT2D eigenvalue weighted by molar-refractivity contribution is 0.146. The van der Waals surface area contributed by atoms with Crippen molar-refractivity contribution in [3.05, 3.63) is 17.5 Å². The van der Waals surface area contributed by atoms with Gasteiger partial charge < -0.3 is 5.32 Å². The summed E-state index contributed by atoms with van der Waals surface area (Å²) in [6, 6.07) is 0. The molecule has 0 aromatic carbocycles. The number of nitrogens with zero attached hydrogens (tertiary/aromatic N) is 3. The Labute approximate surface area is 104 Å². The summed E-state index contributed by atoms with van der Waals surface area (Å²) in [5.41, 5.74) is 2.98. The standard InChI is InChI=1S/C13H24N4/c1-11-12(9-15-16(11)4)10-17-7-5-13(2,14-3)6-8-17/h9,14H,5-8,10H2,1-4H3. The molecule has 1 aliphatic heterocycles. The second-order valence-corrected chi connectivity index (χ2v) is 5.47. The zero-order chi connectivity index (χ0) is 12.5. The molecule has 0 atom stereocenters. The van der Waals surface area contributed by atoms with Gasteiger partial charge in [0, 0.05) is 43.5 Å². The molecule has 4 nitrogen and oxygen atoms in total. The van der Waals surface area contributed by atoms with E-state index in [9.17, 15) is 0 Å². The summed E-state index contributed by atoms with van der Waals surface area (Å²) in [4.78, 5) is 2.53. The SMILES string of the molecule is CNC1(C)CCN(Cc2cnn(C)c2C)CC1. The molecule has 0 saturated carbocycles. The summed E-state index contributed by atoms with van der Waals surface area (Å²) in [6.07, 6.45) is 4.45. The Morgan fingerprint density at radius 1 is 1.41 bits per heavy atom. The molecule has 17 heavy (non-hydrogen) atoms. The predicted molar refractivity (Wildman–Crippen MR) is 69.9 cm³/mol. The van der Waals surface area contributed by atoms with Gasteiger partial charge in [-0.3, -0.25) is 9.58 Å². The number of hydrogen-bond acceptors (Lipinski definition) is 3. The number of likely N-dealkylation sites (tertiary alicyclic amines) is 1. The van der Waals surface area contributed by atoms with Gasteiger partial charge in [0.05, 0.1) is 6.20 Å². The Morgan fingerprint density at radius 2 is 2.06 bits per heavy atom. The van der Waals surface area contributed by atoms with Gasteiger partial charge in [0.25, 0.3) is 0 Å². The first-order valence-corrected chi connectivity index (χ1v) is 6.43. The van der Waals surface area contributed by atoms with Gasteiger partial charge in [0.15, 0.2) is 0 Å². The lowest BCUT2D eigenvalue weighted by atomic mass is 9.90. The predicted octanol–water partition coefficient (Wildman–Crippen LogP) is 1.30. The van der Waals surface area contributed by atoms with E-state index in [0.717, 1.165) is 6.54 Å². The van der Waals surface area contributed by atoms with Gasteiger partial charge in [-0.25, -0.2) is 0 Å². The van der Waals surface area contributed by atoms with Crippen LogP contribution in [0.2, 0.25) is 0 Å². The van der Waals surface area contributed by atoms with Crippen LogP contribution in [-0.4, -0.2) is 40.4 Å². The monoisotopic (exact) mass is 236 g/mol. The first-order valence-electron chi connectivity index (χ1n) is 6.43. The normalized spacial score (nSPS) is 20.7. The average molecular weight is 236 g/mol. The van der Waals surface area contributed by atoms with Crippen molar-refractivity contribution >= 4 is 0 Å². The van der Waals surface area contributed by atoms with Crippen LogP contribution in [0, 0.1) is 6.92 Å². The van der Waals surface area contributed by atoms with Crippen molar-refractivity contribution in [3.8, 4) is 0 Å². The summed E-state index contributed by atoms with van der Waals surface area (Å²) in [5, 5.41) is 7.74. The molecule has 0 amide bonds. The molecule has 4 heteroatoms. The van der Waals surface area contributed by atoms with Crippen molar-refractivity contribution in [1.82, 2.24) is 20.0 Å². The number of aromatic nitrogens is 2. The summed E-state index contributed by atoms with van der Waals surface area (Å²) in [5.74, 6) is 0. The highest BCUT2D eigenvalue weighted by atomic mass is 15.3. The zero-order valence-corrected chi connectivity index (χ0v) is 11.5. The highest BCUT2D eigenvalue weighted by Gasteiger charge is 2.28. The second kappa shape index (κ2) is 4.78. The van der Waals surface area contributed by atoms with Gasteiger partial charge in [0.2, 0.25) is 0 Å². The van der Waals surface area contributed by atoms with Crippen molar-refractivity contribution in [2.75, 3.05) is 20.1 Å². The van der Waals surface area contributed by atoms with Crippen molar-refractivity contribution in [2.24, 2.45) is 7.05 Å². The third-order valence-corrected chi connectivity index (χ3v) is 4.29. The molecule has 2 rings (SSSR count). The summed E-state index contributed by atoms with van der Waals surface area (Å²) >= 11 is 0. The Balaban J connectivity index is 1.92. The molecule has 1 aliphatic rings. The lowest BCUT2D eigenvalue weighted by Gasteiger charge is -2.39. The number of piperidine rings is 1. The number of hydrogen-bond donors (Lipinski definition) is 1. The Kier molecular flexibility index (Phi) is 3.54. The minimum atomic E-state index is 0.334. The Morgan fingerprint density at radius 3 is 2.53 bits per heavy atom. The fourth-order valence-electron chi connectivity index (χ4n) is 2.39. The smallest absolute Gasteiger partial charge is 0.0537 e. The average Bonchev–Trinajstić information content (AvgIpc) is 2.64. The fraction of sp³-hybridized carbons (Fsp3) is 0.769. The van der Waals surface area contributed by atoms with E-state index in [4.69, 9.17) is 0 Å². The molecular formula is C13H24N4. The first-order chi connectivity index (χ1) is 8.04. The van der Waals surface area contributed by atoms with Crippen LogP contribution in [-0.2, 0) is 13.6 Å². The highest BCUT2D eigenvalue weighted by Crippen LogP contribution is 2.22. The van der Waals surface area contributed by atoms with Crippen LogP contribution in [0.1, 0.15) is 31.0 Å². The topological polar surface area (TPSA) is 33.1 Å². The van der Waals surface area contributed by atoms with E-state index in [-0.39, 0.29) is 0 Å². The molecule has 1 aromatic rings. The quantitative estimate of drug-likeness (QED) is 0.859. The fourth-order valence-corrected chi connectivity index (χ4v) is 2.39. The zero-order valence-electron chi connectivity index (χ0n) is 11.5. The molecule has 1 fully saturated rings. The van der Waals surface area contributed by atoms with Crippen LogP contribution < -0.4 is 5.32 Å². The molecule has 0 aliphatic carbocycles. The highest BCUT2D eigenvalue weighted by molar-refractivity contribution is 5.15. The number of aryl methyl sites for hydroxylation is 1. The summed E-state index contributed by atoms with van der Waals surface area (Å²) in [7, 11) is 4.08. The van der Waals surface area contributed by atoms with Crippen molar-refractivity contribution in [3.63, 3.8) is 0 Å². The number of rotatable bonds is 3. The molecule has 96 valence electrons. The third-order valence-electron chi connectivity index (χ3n) is 4.29. The van der Waals surface area contributed by atoms with Crippen LogP contribution >= 0.6 is 0 Å². The van der Waals surface area contributed by atoms with E-state index in [1.807, 2.05) is 17.9 Å². The summed E-state index contributed by atoms with van der Waals surface area (Å²) < 4.78 is 1.96. The van der Waals surface area contributed by atoms with Gasteiger partial charge in [-0.15, -0.1) is 0 Å². The van der Waals surface area contributed by atoms with Gasteiger partial charge in [-0.1, -0.05) is 0 Å². The Bertz CT molecular complexity index is 375. The van der Waals surface area contributed by atoms with Crippen LogP contribution in [0.15, 0.2) is 6.20 Å². The largest absolute Gasteiger partial charge is 0.314 e. The van der Waals surface area contributed by atoms with Crippen molar-refractivity contribution < 1.29 is 0 Å². The molecular weight excluding hydrogens is 212 g/mol. The van der Waals surface area contributed by atoms with Gasteiger partial charge in [0.1, 0.15) is 0 Å². The number of nitrogens with one attached hydrogen (secondary N) is 1. The molecule has 0 spiro atoms. The van der Waals surface area contributed by atoms with Gasteiger partial charge in [-0.05, 0) is 33.7 Å². The van der Waals surface area contributed by atoms with E-state index in [0.29, 0.717) is 5.54 Å². The van der Waals surface area contributed by atoms with E-state index >= 15 is 0 Å². The van der Waals surface area contributed by atoms with Crippen molar-refractivity contribution in [1.29, 1.82) is 0 Å². The van der Waals surface area contributed by atoms with Gasteiger partial charge >= 0.3 is 0 Å². The third kappa shape index (κ3) is 2.69. The van der Waals surface area contributed by atoms with E-state index < -0.39 is 0 Å². The maximum absolute atomic E-state index is 4.30. The summed E-state index contributed by atoms with van der Waals surface area (Å²) in [6.45, 7) is 7.85. The first kappa shape index (κ1) is 12.6. The maximum Gasteiger partial charge on any atom is 0.0537 e. The molecule has 0 bridgehead atoms. The minimum absolute atomic E-state index is 0.334. The molecule has 1 saturated heterocycles. The van der Waals surface area contributed by atoms with Crippen LogP contribution in [0.5, 0.6) is 0 Å². The maximum atomic E-state index is 4.30. The van der Waals surface area contributed by atoms with Gasteiger partial charge in [-0.2, -0.15) is 5.10 Å². The molecule has 0 radical (unpaired) electrons. The Hall–Kier alpha value is -0.870.